The highest BCUT2D eigenvalue weighted by atomic mass is 35.5. The quantitative estimate of drug-likeness (QED) is 0.721. The van der Waals surface area contributed by atoms with Gasteiger partial charge in [0.15, 0.2) is 0 Å². The number of rotatable bonds is 6. The molecule has 0 heterocycles. The Kier molecular flexibility index (Phi) is 7.01. The highest BCUT2D eigenvalue weighted by Crippen LogP contribution is 2.30. The summed E-state index contributed by atoms with van der Waals surface area (Å²) in [7, 11) is -3.61. The van der Waals surface area contributed by atoms with Gasteiger partial charge in [0.1, 0.15) is 0 Å². The molecule has 6 nitrogen and oxygen atoms in total. The van der Waals surface area contributed by atoms with Gasteiger partial charge in [0.25, 0.3) is 0 Å². The summed E-state index contributed by atoms with van der Waals surface area (Å²) in [6, 6.07) is 6.16. The number of hydrogen-bond acceptors (Lipinski definition) is 4. The number of nitrogens with one attached hydrogen (secondary N) is 2. The minimum atomic E-state index is -3.61. The maximum Gasteiger partial charge on any atom is 0.241 e. The molecule has 0 unspecified atom stereocenters. The van der Waals surface area contributed by atoms with Crippen LogP contribution in [0, 0.1) is 0 Å². The lowest BCUT2D eigenvalue weighted by molar-refractivity contribution is -0.115. The van der Waals surface area contributed by atoms with E-state index in [9.17, 15) is 13.2 Å². The van der Waals surface area contributed by atoms with Gasteiger partial charge in [0.05, 0.1) is 4.90 Å². The van der Waals surface area contributed by atoms with Crippen molar-refractivity contribution in [3.05, 3.63) is 24.3 Å². The van der Waals surface area contributed by atoms with Gasteiger partial charge in [0.2, 0.25) is 15.9 Å². The molecule has 23 heavy (non-hydrogen) atoms. The molecule has 0 bridgehead atoms. The molecule has 1 saturated carbocycles. The van der Waals surface area contributed by atoms with Gasteiger partial charge in [-0.1, -0.05) is 19.8 Å². The van der Waals surface area contributed by atoms with Gasteiger partial charge in [0, 0.05) is 24.2 Å². The number of anilines is 1. The standard InChI is InChI=1S/C15H23N3O3S.ClH/c1-2-14(19)17-12-5-7-13(8-6-12)22(20,21)18-15(11-16)9-3-4-10-15;/h5-8,18H,2-4,9-11,16H2,1H3,(H,17,19);1H. The number of hydrogen-bond donors (Lipinski definition) is 3. The van der Waals surface area contributed by atoms with E-state index >= 15 is 0 Å². The summed E-state index contributed by atoms with van der Waals surface area (Å²) in [5.74, 6) is -0.109. The summed E-state index contributed by atoms with van der Waals surface area (Å²) >= 11 is 0. The van der Waals surface area contributed by atoms with Crippen LogP contribution in [-0.2, 0) is 14.8 Å². The summed E-state index contributed by atoms with van der Waals surface area (Å²) in [4.78, 5) is 11.5. The SMILES string of the molecule is CCC(=O)Nc1ccc(S(=O)(=O)NC2(CN)CCCC2)cc1.Cl. The molecule has 130 valence electrons. The first-order valence-corrected chi connectivity index (χ1v) is 9.03. The molecule has 8 heteroatoms. The van der Waals surface area contributed by atoms with Crippen molar-refractivity contribution in [1.29, 1.82) is 0 Å². The number of carbonyl (C=O) groups excluding carboxylic acids is 1. The number of nitrogens with two attached hydrogens (primary N) is 1. The zero-order valence-electron chi connectivity index (χ0n) is 13.2. The lowest BCUT2D eigenvalue weighted by Crippen LogP contribution is -2.51. The Morgan fingerprint density at radius 3 is 2.26 bits per heavy atom. The van der Waals surface area contributed by atoms with Crippen molar-refractivity contribution in [1.82, 2.24) is 4.72 Å². The molecule has 0 saturated heterocycles. The first kappa shape index (κ1) is 19.9. The number of carbonyl (C=O) groups is 1. The van der Waals surface area contributed by atoms with Crippen molar-refractivity contribution < 1.29 is 13.2 Å². The maximum atomic E-state index is 12.5. The van der Waals surface area contributed by atoms with E-state index in [1.807, 2.05) is 0 Å². The minimum absolute atomic E-state index is 0. The van der Waals surface area contributed by atoms with E-state index < -0.39 is 15.6 Å². The molecule has 0 radical (unpaired) electrons. The highest BCUT2D eigenvalue weighted by molar-refractivity contribution is 7.89. The predicted octanol–water partition coefficient (Wildman–Crippen LogP) is 2.01. The third kappa shape index (κ3) is 4.91. The van der Waals surface area contributed by atoms with E-state index in [-0.39, 0.29) is 23.2 Å². The second kappa shape index (κ2) is 8.10. The van der Waals surface area contributed by atoms with Gasteiger partial charge in [-0.2, -0.15) is 0 Å². The fourth-order valence-corrected chi connectivity index (χ4v) is 4.18. The second-order valence-electron chi connectivity index (χ2n) is 5.72. The summed E-state index contributed by atoms with van der Waals surface area (Å²) in [5.41, 5.74) is 5.84. The molecule has 1 aromatic carbocycles. The van der Waals surface area contributed by atoms with Crippen molar-refractivity contribution in [2.45, 2.75) is 49.5 Å². The average molecular weight is 362 g/mol. The normalized spacial score (nSPS) is 16.6. The molecule has 1 aliphatic rings. The Labute approximate surface area is 143 Å². The maximum absolute atomic E-state index is 12.5. The lowest BCUT2D eigenvalue weighted by atomic mass is 10.0. The van der Waals surface area contributed by atoms with Crippen LogP contribution in [-0.4, -0.2) is 26.4 Å². The second-order valence-corrected chi connectivity index (χ2v) is 7.41. The van der Waals surface area contributed by atoms with E-state index in [0.29, 0.717) is 18.7 Å². The third-order valence-corrected chi connectivity index (χ3v) is 5.67. The van der Waals surface area contributed by atoms with Crippen LogP contribution in [0.4, 0.5) is 5.69 Å². The van der Waals surface area contributed by atoms with Gasteiger partial charge in [-0.15, -0.1) is 12.4 Å². The fourth-order valence-electron chi connectivity index (χ4n) is 2.71. The zero-order chi connectivity index (χ0) is 16.2. The van der Waals surface area contributed by atoms with E-state index in [2.05, 4.69) is 10.0 Å². The molecule has 1 fully saturated rings. The molecule has 0 aliphatic heterocycles. The van der Waals surface area contributed by atoms with Crippen LogP contribution in [0.3, 0.4) is 0 Å². The van der Waals surface area contributed by atoms with Crippen LogP contribution in [0.5, 0.6) is 0 Å². The van der Waals surface area contributed by atoms with Crippen molar-refractivity contribution in [3.63, 3.8) is 0 Å². The average Bonchev–Trinajstić information content (AvgIpc) is 2.96. The van der Waals surface area contributed by atoms with E-state index in [1.165, 1.54) is 12.1 Å². The van der Waals surface area contributed by atoms with Crippen molar-refractivity contribution >= 4 is 34.0 Å². The summed E-state index contributed by atoms with van der Waals surface area (Å²) in [5, 5.41) is 2.69. The van der Waals surface area contributed by atoms with E-state index in [0.717, 1.165) is 25.7 Å². The molecule has 4 N–H and O–H groups in total. The third-order valence-electron chi connectivity index (χ3n) is 4.07. The Morgan fingerprint density at radius 2 is 1.78 bits per heavy atom. The minimum Gasteiger partial charge on any atom is -0.329 e. The number of halogens is 1. The highest BCUT2D eigenvalue weighted by Gasteiger charge is 2.36. The van der Waals surface area contributed by atoms with E-state index in [4.69, 9.17) is 5.73 Å². The molecule has 1 aliphatic carbocycles. The van der Waals surface area contributed by atoms with Crippen LogP contribution in [0.2, 0.25) is 0 Å². The van der Waals surface area contributed by atoms with Crippen LogP contribution in [0.25, 0.3) is 0 Å². The molecule has 0 aromatic heterocycles. The molecular formula is C15H24ClN3O3S. The monoisotopic (exact) mass is 361 g/mol. The molecule has 0 atom stereocenters. The first-order valence-electron chi connectivity index (χ1n) is 7.55. The van der Waals surface area contributed by atoms with Gasteiger partial charge in [-0.25, -0.2) is 13.1 Å². The number of amides is 1. The number of benzene rings is 1. The molecular weight excluding hydrogens is 338 g/mol. The van der Waals surface area contributed by atoms with Crippen molar-refractivity contribution in [2.24, 2.45) is 5.73 Å². The Bertz CT molecular complexity index is 626. The molecule has 2 rings (SSSR count). The predicted molar refractivity (Wildman–Crippen MR) is 93.2 cm³/mol. The van der Waals surface area contributed by atoms with Crippen LogP contribution >= 0.6 is 12.4 Å². The van der Waals surface area contributed by atoms with Gasteiger partial charge in [-0.05, 0) is 37.1 Å². The van der Waals surface area contributed by atoms with Crippen molar-refractivity contribution in [2.75, 3.05) is 11.9 Å². The number of sulfonamides is 1. The van der Waals surface area contributed by atoms with Crippen molar-refractivity contribution in [3.8, 4) is 0 Å². The lowest BCUT2D eigenvalue weighted by Gasteiger charge is -2.28. The topological polar surface area (TPSA) is 101 Å². The summed E-state index contributed by atoms with van der Waals surface area (Å²) < 4.78 is 27.7. The zero-order valence-corrected chi connectivity index (χ0v) is 14.8. The van der Waals surface area contributed by atoms with E-state index in [1.54, 1.807) is 19.1 Å². The fraction of sp³-hybridized carbons (Fsp3) is 0.533. The molecule has 0 spiro atoms. The first-order chi connectivity index (χ1) is 10.4. The van der Waals surface area contributed by atoms with Gasteiger partial charge >= 0.3 is 0 Å². The Balaban J connectivity index is 0.00000264. The summed E-state index contributed by atoms with van der Waals surface area (Å²) in [6.07, 6.45) is 3.89. The van der Waals surface area contributed by atoms with Crippen LogP contribution in [0.15, 0.2) is 29.2 Å². The van der Waals surface area contributed by atoms with Crippen LogP contribution < -0.4 is 15.8 Å². The van der Waals surface area contributed by atoms with Crippen LogP contribution in [0.1, 0.15) is 39.0 Å². The Hall–Kier alpha value is -1.15. The molecule has 1 aromatic rings. The summed E-state index contributed by atoms with van der Waals surface area (Å²) in [6.45, 7) is 2.06. The molecule has 1 amide bonds. The largest absolute Gasteiger partial charge is 0.329 e. The Morgan fingerprint density at radius 1 is 1.22 bits per heavy atom. The smallest absolute Gasteiger partial charge is 0.241 e. The van der Waals surface area contributed by atoms with Gasteiger partial charge < -0.3 is 11.1 Å². The van der Waals surface area contributed by atoms with Gasteiger partial charge in [-0.3, -0.25) is 4.79 Å².